The van der Waals surface area contributed by atoms with Crippen LogP contribution in [0.4, 0.5) is 5.69 Å². The number of rotatable bonds is 2. The predicted octanol–water partition coefficient (Wildman–Crippen LogP) is 6.99. The van der Waals surface area contributed by atoms with E-state index in [1.807, 2.05) is 26.0 Å². The molecular weight excluding hydrogens is 356 g/mol. The van der Waals surface area contributed by atoms with E-state index in [0.717, 1.165) is 23.4 Å². The van der Waals surface area contributed by atoms with Crippen LogP contribution in [0.25, 0.3) is 38.0 Å². The number of hydrogen-bond donors (Lipinski definition) is 0. The first kappa shape index (κ1) is 11.8. The van der Waals surface area contributed by atoms with Gasteiger partial charge in [0.1, 0.15) is 18.2 Å². The maximum Gasteiger partial charge on any atom is 0.216 e. The Balaban J connectivity index is 2.25. The maximum atomic E-state index is 9.17. The predicted molar refractivity (Wildman–Crippen MR) is 120 cm³/mol. The first-order chi connectivity index (χ1) is 16.9. The summed E-state index contributed by atoms with van der Waals surface area (Å²) in [5, 5.41) is 1.45. The van der Waals surface area contributed by atoms with Crippen molar-refractivity contribution in [1.82, 2.24) is 0 Å². The van der Waals surface area contributed by atoms with Crippen LogP contribution in [0.5, 0.6) is 0 Å². The lowest BCUT2D eigenvalue weighted by Gasteiger charge is -2.14. The quantitative estimate of drug-likeness (QED) is 0.267. The Kier molecular flexibility index (Phi) is 2.74. The number of benzene rings is 2. The van der Waals surface area contributed by atoms with Crippen molar-refractivity contribution in [2.75, 3.05) is 0 Å². The highest BCUT2D eigenvalue weighted by molar-refractivity contribution is 6.11. The lowest BCUT2D eigenvalue weighted by Crippen LogP contribution is -2.36. The van der Waals surface area contributed by atoms with Gasteiger partial charge in [0.15, 0.2) is 11.4 Å². The van der Waals surface area contributed by atoms with E-state index in [4.69, 9.17) is 22.0 Å². The maximum absolute atomic E-state index is 9.17. The van der Waals surface area contributed by atoms with Gasteiger partial charge in [-0.1, -0.05) is 25.9 Å². The number of furan rings is 1. The average molecular weight is 392 g/mol. The van der Waals surface area contributed by atoms with Gasteiger partial charge in [-0.25, -0.2) is 4.85 Å². The molecule has 3 nitrogen and oxygen atoms in total. The van der Waals surface area contributed by atoms with Crippen LogP contribution in [-0.4, -0.2) is 0 Å². The SMILES string of the molecule is [2H]c1c(C([2H])(C)C([2H])([2H])[2H])c(C([2H])([2H])[2H])c(C)[n+](C)c1-c1c(C)ccc2c1oc1c(C)cc([N+]#[C-])cc12. The summed E-state index contributed by atoms with van der Waals surface area (Å²) in [6.45, 7) is 8.16. The van der Waals surface area contributed by atoms with E-state index in [0.29, 0.717) is 27.8 Å². The normalized spacial score (nSPS) is 18.5. The summed E-state index contributed by atoms with van der Waals surface area (Å²) in [6.07, 6.45) is 0. The van der Waals surface area contributed by atoms with Crippen molar-refractivity contribution in [3.63, 3.8) is 0 Å². The van der Waals surface area contributed by atoms with Crippen LogP contribution in [0.3, 0.4) is 0 Å². The molecule has 0 fully saturated rings. The average Bonchev–Trinajstić information content (AvgIpc) is 3.14. The number of nitrogens with zero attached hydrogens (tertiary/aromatic N) is 2. The third-order valence-corrected chi connectivity index (χ3v) is 5.55. The fraction of sp³-hybridized carbons (Fsp3) is 0.308. The largest absolute Gasteiger partial charge is 0.455 e. The lowest BCUT2D eigenvalue weighted by molar-refractivity contribution is -0.667. The Morgan fingerprint density at radius 3 is 2.66 bits per heavy atom. The summed E-state index contributed by atoms with van der Waals surface area (Å²) in [7, 11) is 1.63. The highest BCUT2D eigenvalue weighted by Gasteiger charge is 2.25. The van der Waals surface area contributed by atoms with Gasteiger partial charge in [-0.05, 0) is 55.4 Å². The fourth-order valence-corrected chi connectivity index (χ4v) is 3.84. The highest BCUT2D eigenvalue weighted by atomic mass is 16.3. The molecule has 0 aliphatic rings. The minimum Gasteiger partial charge on any atom is -0.455 e. The molecule has 0 N–H and O–H groups in total. The van der Waals surface area contributed by atoms with Crippen LogP contribution < -0.4 is 4.57 Å². The summed E-state index contributed by atoms with van der Waals surface area (Å²) in [6, 6.07) is 6.85. The second-order valence-corrected chi connectivity index (χ2v) is 7.48. The number of pyridine rings is 1. The number of hydrogen-bond acceptors (Lipinski definition) is 1. The summed E-state index contributed by atoms with van der Waals surface area (Å²) in [4.78, 5) is 3.55. The van der Waals surface area contributed by atoms with Crippen molar-refractivity contribution in [3.05, 3.63) is 69.7 Å². The second kappa shape index (κ2) is 6.74. The lowest BCUT2D eigenvalue weighted by atomic mass is 9.93. The zero-order chi connectivity index (χ0) is 27.8. The minimum atomic E-state index is -2.89. The molecule has 146 valence electrons. The molecule has 0 saturated heterocycles. The molecule has 2 heterocycles. The molecule has 2 aromatic heterocycles. The van der Waals surface area contributed by atoms with E-state index >= 15 is 0 Å². The summed E-state index contributed by atoms with van der Waals surface area (Å²) >= 11 is 0. The Bertz CT molecular complexity index is 1640. The van der Waals surface area contributed by atoms with Crippen LogP contribution in [-0.2, 0) is 7.05 Å². The van der Waals surface area contributed by atoms with Gasteiger partial charge in [-0.15, -0.1) is 0 Å². The van der Waals surface area contributed by atoms with E-state index in [2.05, 4.69) is 4.85 Å². The number of aromatic nitrogens is 1. The summed E-state index contributed by atoms with van der Waals surface area (Å²) in [5.74, 6) is -2.36. The molecule has 0 radical (unpaired) electrons. The topological polar surface area (TPSA) is 21.4 Å². The number of fused-ring (bicyclic) bond motifs is 3. The first-order valence-corrected chi connectivity index (χ1v) is 9.32. The van der Waals surface area contributed by atoms with Crippen LogP contribution in [0, 0.1) is 34.2 Å². The van der Waals surface area contributed by atoms with E-state index in [9.17, 15) is 0 Å². The molecule has 29 heavy (non-hydrogen) atoms. The van der Waals surface area contributed by atoms with Gasteiger partial charge < -0.3 is 4.42 Å². The van der Waals surface area contributed by atoms with Gasteiger partial charge in [-0.2, -0.15) is 4.57 Å². The standard InChI is InChI=1S/C26H27N2O/c1-14(2)21-13-23(28(8)18(6)17(21)5)24-15(3)9-10-20-22-12-19(27-7)11-16(4)25(22)29-26(20)24/h9-14H,1-6,8H3/q+1/i1D3,5D3,13D,14D. The Morgan fingerprint density at radius 1 is 1.17 bits per heavy atom. The van der Waals surface area contributed by atoms with Crippen molar-refractivity contribution < 1.29 is 20.0 Å². The highest BCUT2D eigenvalue weighted by Crippen LogP contribution is 2.40. The minimum absolute atomic E-state index is 0.239. The molecule has 0 saturated carbocycles. The Morgan fingerprint density at radius 2 is 1.97 bits per heavy atom. The van der Waals surface area contributed by atoms with E-state index < -0.39 is 19.6 Å². The van der Waals surface area contributed by atoms with Crippen LogP contribution in [0.2, 0.25) is 0 Å². The molecule has 0 bridgehead atoms. The van der Waals surface area contributed by atoms with Gasteiger partial charge in [0.05, 0.1) is 13.5 Å². The van der Waals surface area contributed by atoms with E-state index in [-0.39, 0.29) is 28.6 Å². The third-order valence-electron chi connectivity index (χ3n) is 5.55. The van der Waals surface area contributed by atoms with Crippen LogP contribution in [0.15, 0.2) is 34.7 Å². The Labute approximate surface area is 183 Å². The van der Waals surface area contributed by atoms with Crippen molar-refractivity contribution in [2.24, 2.45) is 7.05 Å². The molecule has 0 spiro atoms. The Hall–Kier alpha value is -3.12. The molecule has 4 rings (SSSR count). The zero-order valence-corrected chi connectivity index (χ0v) is 17.1. The molecule has 0 amide bonds. The fourth-order valence-electron chi connectivity index (χ4n) is 3.84. The van der Waals surface area contributed by atoms with Gasteiger partial charge in [0.25, 0.3) is 0 Å². The monoisotopic (exact) mass is 391 g/mol. The van der Waals surface area contributed by atoms with E-state index in [1.165, 1.54) is 0 Å². The molecule has 2 aromatic carbocycles. The van der Waals surface area contributed by atoms with Gasteiger partial charge in [-0.3, -0.25) is 0 Å². The van der Waals surface area contributed by atoms with E-state index in [1.54, 1.807) is 30.7 Å². The molecule has 1 unspecified atom stereocenters. The summed E-state index contributed by atoms with van der Waals surface area (Å²) in [5.41, 5.74) is 3.35. The van der Waals surface area contributed by atoms with Crippen LogP contribution >= 0.6 is 0 Å². The third kappa shape index (κ3) is 2.83. The van der Waals surface area contributed by atoms with Gasteiger partial charge in [0, 0.05) is 38.9 Å². The summed E-state index contributed by atoms with van der Waals surface area (Å²) < 4.78 is 74.3. The van der Waals surface area contributed by atoms with Crippen molar-refractivity contribution >= 4 is 27.6 Å². The second-order valence-electron chi connectivity index (χ2n) is 7.48. The van der Waals surface area contributed by atoms with Gasteiger partial charge >= 0.3 is 0 Å². The van der Waals surface area contributed by atoms with Crippen molar-refractivity contribution in [2.45, 2.75) is 47.3 Å². The molecule has 0 aliphatic carbocycles. The van der Waals surface area contributed by atoms with Crippen LogP contribution in [0.1, 0.15) is 58.6 Å². The molecule has 1 atom stereocenters. The molecular formula is C26H27N2O+. The van der Waals surface area contributed by atoms with Crippen molar-refractivity contribution in [3.8, 4) is 11.3 Å². The molecule has 0 aliphatic heterocycles. The molecule has 4 aromatic rings. The zero-order valence-electron chi connectivity index (χ0n) is 25.1. The smallest absolute Gasteiger partial charge is 0.216 e. The van der Waals surface area contributed by atoms with Crippen molar-refractivity contribution in [1.29, 1.82) is 0 Å². The van der Waals surface area contributed by atoms with Gasteiger partial charge in [0.2, 0.25) is 5.69 Å². The number of aryl methyl sites for hydroxylation is 2. The first-order valence-electron chi connectivity index (χ1n) is 13.3. The molecule has 3 heteroatoms.